The first-order chi connectivity index (χ1) is 23.4. The molecule has 3 amide bonds. The highest BCUT2D eigenvalue weighted by Gasteiger charge is 2.30. The molecule has 1 aliphatic rings. The summed E-state index contributed by atoms with van der Waals surface area (Å²) in [5.41, 5.74) is 3.71. The van der Waals surface area contributed by atoms with E-state index in [1.165, 1.54) is 0 Å². The van der Waals surface area contributed by atoms with Gasteiger partial charge in [0, 0.05) is 56.0 Å². The Bertz CT molecular complexity index is 1680. The number of amides is 3. The van der Waals surface area contributed by atoms with E-state index in [0.717, 1.165) is 40.9 Å². The van der Waals surface area contributed by atoms with Crippen molar-refractivity contribution in [1.82, 2.24) is 36.2 Å². The second-order valence-electron chi connectivity index (χ2n) is 13.7. The predicted molar refractivity (Wildman–Crippen MR) is 188 cm³/mol. The van der Waals surface area contributed by atoms with Crippen LogP contribution < -0.4 is 20.9 Å². The van der Waals surface area contributed by atoms with Gasteiger partial charge >= 0.3 is 6.09 Å². The van der Waals surface area contributed by atoms with Gasteiger partial charge in [-0.2, -0.15) is 0 Å². The minimum Gasteiger partial charge on any atom is -0.444 e. The highest BCUT2D eigenvalue weighted by Crippen LogP contribution is 2.29. The zero-order valence-corrected chi connectivity index (χ0v) is 28.7. The highest BCUT2D eigenvalue weighted by molar-refractivity contribution is 5.97. The van der Waals surface area contributed by atoms with Crippen LogP contribution in [-0.4, -0.2) is 75.8 Å². The molecule has 2 aromatic carbocycles. The van der Waals surface area contributed by atoms with Gasteiger partial charge in [-0.15, -0.1) is 5.10 Å². The molecule has 1 saturated carbocycles. The third-order valence-electron chi connectivity index (χ3n) is 8.49. The van der Waals surface area contributed by atoms with Gasteiger partial charge in [0.25, 0.3) is 0 Å². The van der Waals surface area contributed by atoms with Crippen LogP contribution >= 0.6 is 0 Å². The van der Waals surface area contributed by atoms with Gasteiger partial charge in [-0.3, -0.25) is 9.59 Å². The van der Waals surface area contributed by atoms with Crippen molar-refractivity contribution in [3.8, 4) is 22.5 Å². The van der Waals surface area contributed by atoms with Crippen LogP contribution in [-0.2, 0) is 20.7 Å². The van der Waals surface area contributed by atoms with Gasteiger partial charge in [0.2, 0.25) is 11.8 Å². The molecule has 0 bridgehead atoms. The van der Waals surface area contributed by atoms with Crippen LogP contribution in [0.15, 0.2) is 66.9 Å². The number of aromatic amines is 1. The maximum atomic E-state index is 13.7. The first-order valence-electron chi connectivity index (χ1n) is 16.6. The van der Waals surface area contributed by atoms with Crippen molar-refractivity contribution >= 4 is 29.4 Å². The van der Waals surface area contributed by atoms with E-state index in [4.69, 9.17) is 4.74 Å². The number of tetrazole rings is 1. The van der Waals surface area contributed by atoms with E-state index in [-0.39, 0.29) is 23.7 Å². The van der Waals surface area contributed by atoms with Gasteiger partial charge in [0.15, 0.2) is 5.82 Å². The number of hydrogen-bond acceptors (Lipinski definition) is 9. The minimum atomic E-state index is -0.802. The number of anilines is 2. The van der Waals surface area contributed by atoms with Gasteiger partial charge < -0.3 is 25.6 Å². The van der Waals surface area contributed by atoms with Crippen LogP contribution in [0.1, 0.15) is 52.0 Å². The highest BCUT2D eigenvalue weighted by atomic mass is 16.6. The van der Waals surface area contributed by atoms with Crippen molar-refractivity contribution in [3.05, 3.63) is 72.4 Å². The summed E-state index contributed by atoms with van der Waals surface area (Å²) in [5.74, 6) is 0.981. The first-order valence-corrected chi connectivity index (χ1v) is 16.6. The van der Waals surface area contributed by atoms with Crippen molar-refractivity contribution in [3.63, 3.8) is 0 Å². The average Bonchev–Trinajstić information content (AvgIpc) is 3.62. The Morgan fingerprint density at radius 2 is 1.59 bits per heavy atom. The molecule has 5 rings (SSSR count). The summed E-state index contributed by atoms with van der Waals surface area (Å²) in [4.78, 5) is 45.8. The number of nitrogens with zero attached hydrogens (tertiary/aromatic N) is 5. The monoisotopic (exact) mass is 667 g/mol. The maximum absolute atomic E-state index is 13.7. The number of nitrogens with one attached hydrogen (secondary N) is 4. The molecular weight excluding hydrogens is 622 g/mol. The van der Waals surface area contributed by atoms with E-state index in [2.05, 4.69) is 41.6 Å². The topological polar surface area (TPSA) is 167 Å². The normalized spacial score (nSPS) is 16.7. The number of alkyl carbamates (subject to hydrolysis) is 1. The fraction of sp³-hybridized carbons (Fsp3) is 0.417. The summed E-state index contributed by atoms with van der Waals surface area (Å²) >= 11 is 0. The minimum absolute atomic E-state index is 0.143. The van der Waals surface area contributed by atoms with E-state index in [9.17, 15) is 14.4 Å². The summed E-state index contributed by atoms with van der Waals surface area (Å²) in [6.45, 7) is 5.99. The van der Waals surface area contributed by atoms with Crippen molar-refractivity contribution in [2.45, 2.75) is 64.5 Å². The molecule has 13 nitrogen and oxygen atoms in total. The molecular formula is C36H45N9O4. The van der Waals surface area contributed by atoms with Crippen LogP contribution in [0.3, 0.4) is 0 Å². The largest absolute Gasteiger partial charge is 0.444 e. The smallest absolute Gasteiger partial charge is 0.407 e. The van der Waals surface area contributed by atoms with Crippen LogP contribution in [0.5, 0.6) is 0 Å². The first kappa shape index (κ1) is 35.0. The van der Waals surface area contributed by atoms with Crippen molar-refractivity contribution < 1.29 is 19.1 Å². The Balaban J connectivity index is 1.23. The Kier molecular flexibility index (Phi) is 11.2. The summed E-state index contributed by atoms with van der Waals surface area (Å²) in [6, 6.07) is 18.3. The summed E-state index contributed by atoms with van der Waals surface area (Å²) in [6.07, 6.45) is 4.66. The number of H-pyrrole nitrogens is 1. The number of pyridine rings is 1. The summed E-state index contributed by atoms with van der Waals surface area (Å²) in [7, 11) is 3.90. The molecule has 0 saturated heterocycles. The van der Waals surface area contributed by atoms with Crippen LogP contribution in [0.25, 0.3) is 22.5 Å². The molecule has 258 valence electrons. The third kappa shape index (κ3) is 10.1. The lowest BCUT2D eigenvalue weighted by atomic mass is 9.81. The number of benzene rings is 2. The Morgan fingerprint density at radius 3 is 2.18 bits per heavy atom. The fourth-order valence-electron chi connectivity index (χ4n) is 5.78. The average molecular weight is 668 g/mol. The molecule has 1 fully saturated rings. The van der Waals surface area contributed by atoms with E-state index in [1.54, 1.807) is 24.3 Å². The van der Waals surface area contributed by atoms with Crippen molar-refractivity contribution in [2.75, 3.05) is 30.9 Å². The van der Waals surface area contributed by atoms with Gasteiger partial charge in [-0.05, 0) is 110 Å². The van der Waals surface area contributed by atoms with E-state index < -0.39 is 17.7 Å². The lowest BCUT2D eigenvalue weighted by Gasteiger charge is -2.29. The number of carbonyl (C=O) groups is 3. The number of carbonyl (C=O) groups excluding carboxylic acids is 3. The lowest BCUT2D eigenvalue weighted by molar-refractivity contribution is -0.130. The van der Waals surface area contributed by atoms with Crippen LogP contribution in [0.4, 0.5) is 16.3 Å². The van der Waals surface area contributed by atoms with Gasteiger partial charge in [0.1, 0.15) is 17.5 Å². The van der Waals surface area contributed by atoms with E-state index in [0.29, 0.717) is 37.3 Å². The van der Waals surface area contributed by atoms with Crippen molar-refractivity contribution in [2.24, 2.45) is 11.8 Å². The number of hydrogen-bond donors (Lipinski definition) is 4. The third-order valence-corrected chi connectivity index (χ3v) is 8.49. The van der Waals surface area contributed by atoms with Crippen LogP contribution in [0.2, 0.25) is 0 Å². The SMILES string of the molecule is CN(C)c1ccc(-c2ccc(C[C@H](NC(=O)[C@H]3CC[C@H](CNC(=O)OC(C)(C)C)CC3)C(=O)Nc3ccc(-c4nnn[nH]4)cc3)cc2)cn1. The summed E-state index contributed by atoms with van der Waals surface area (Å²) < 4.78 is 5.34. The van der Waals surface area contributed by atoms with Gasteiger partial charge in [0.05, 0.1) is 0 Å². The Labute approximate surface area is 286 Å². The molecule has 0 unspecified atom stereocenters. The zero-order chi connectivity index (χ0) is 35.0. The Morgan fingerprint density at radius 1 is 0.918 bits per heavy atom. The second kappa shape index (κ2) is 15.7. The van der Waals surface area contributed by atoms with Gasteiger partial charge in [-0.1, -0.05) is 24.3 Å². The Hall–Kier alpha value is -5.33. The second-order valence-corrected chi connectivity index (χ2v) is 13.7. The molecule has 0 radical (unpaired) electrons. The number of aromatic nitrogens is 5. The lowest BCUT2D eigenvalue weighted by Crippen LogP contribution is -2.48. The molecule has 2 aromatic heterocycles. The maximum Gasteiger partial charge on any atom is 0.407 e. The molecule has 49 heavy (non-hydrogen) atoms. The molecule has 4 N–H and O–H groups in total. The molecule has 1 atom stereocenters. The predicted octanol–water partition coefficient (Wildman–Crippen LogP) is 4.99. The zero-order valence-electron chi connectivity index (χ0n) is 28.7. The fourth-order valence-corrected chi connectivity index (χ4v) is 5.78. The van der Waals surface area contributed by atoms with E-state index in [1.807, 2.05) is 82.4 Å². The standard InChI is InChI=1S/C36H45N9O4/c1-36(2,3)49-35(48)38-21-24-8-12-27(13-9-24)33(46)40-30(34(47)39-29-17-14-26(15-18-29)32-41-43-44-42-32)20-23-6-10-25(11-7-23)28-16-19-31(37-22-28)45(4)5/h6-7,10-11,14-19,22,24,27,30H,8-9,12-13,20-21H2,1-5H3,(H,38,48)(H,39,47)(H,40,46)(H,41,42,43,44)/t24-,27-,30-/m0/s1. The summed E-state index contributed by atoms with van der Waals surface area (Å²) in [5, 5.41) is 22.7. The molecule has 2 heterocycles. The van der Waals surface area contributed by atoms with Crippen LogP contribution in [0, 0.1) is 11.8 Å². The van der Waals surface area contributed by atoms with E-state index >= 15 is 0 Å². The molecule has 0 spiro atoms. The molecule has 4 aromatic rings. The number of rotatable bonds is 11. The molecule has 0 aliphatic heterocycles. The van der Waals surface area contributed by atoms with Crippen molar-refractivity contribution in [1.29, 1.82) is 0 Å². The number of ether oxygens (including phenoxy) is 1. The quantitative estimate of drug-likeness (QED) is 0.172. The van der Waals surface area contributed by atoms with Gasteiger partial charge in [-0.25, -0.2) is 14.9 Å². The molecule has 13 heteroatoms. The molecule has 1 aliphatic carbocycles.